The van der Waals surface area contributed by atoms with Crippen LogP contribution in [0.5, 0.6) is 0 Å². The van der Waals surface area contributed by atoms with Gasteiger partial charge in [-0.2, -0.15) is 0 Å². The van der Waals surface area contributed by atoms with Crippen molar-refractivity contribution in [3.8, 4) is 0 Å². The molecule has 0 saturated heterocycles. The largest absolute Gasteiger partial charge is 0.269 e. The number of nitrogens with zero attached hydrogens (tertiary/aromatic N) is 2. The first-order valence-electron chi connectivity index (χ1n) is 6.28. The molecule has 2 aromatic heterocycles. The molecule has 7 heteroatoms. The fourth-order valence-corrected chi connectivity index (χ4v) is 3.07. The highest BCUT2D eigenvalue weighted by atomic mass is 79.9. The van der Waals surface area contributed by atoms with Crippen LogP contribution in [0.4, 0.5) is 8.78 Å². The van der Waals surface area contributed by atoms with Crippen molar-refractivity contribution < 1.29 is 8.78 Å². The highest BCUT2D eigenvalue weighted by Gasteiger charge is 2.06. The molecule has 0 fully saturated rings. The van der Waals surface area contributed by atoms with Gasteiger partial charge in [0.05, 0.1) is 5.69 Å². The van der Waals surface area contributed by atoms with E-state index in [1.807, 2.05) is 0 Å². The molecule has 0 bridgehead atoms. The van der Waals surface area contributed by atoms with E-state index in [1.165, 1.54) is 28.3 Å². The molecule has 0 aliphatic carbocycles. The smallest absolute Gasteiger partial charge is 0.258 e. The van der Waals surface area contributed by atoms with E-state index >= 15 is 0 Å². The lowest BCUT2D eigenvalue weighted by atomic mass is 10.3. The van der Waals surface area contributed by atoms with Crippen LogP contribution in [0.25, 0.3) is 5.65 Å². The summed E-state index contributed by atoms with van der Waals surface area (Å²) < 4.78 is 28.3. The average Bonchev–Trinajstić information content (AvgIpc) is 2.49. The summed E-state index contributed by atoms with van der Waals surface area (Å²) in [6, 6.07) is 8.68. The van der Waals surface area contributed by atoms with Crippen molar-refractivity contribution in [2.75, 3.05) is 0 Å². The van der Waals surface area contributed by atoms with E-state index in [4.69, 9.17) is 0 Å². The predicted octanol–water partition coefficient (Wildman–Crippen LogP) is 4.03. The van der Waals surface area contributed by atoms with E-state index in [0.29, 0.717) is 22.0 Å². The van der Waals surface area contributed by atoms with Gasteiger partial charge in [0.1, 0.15) is 5.65 Å². The highest BCUT2D eigenvalue weighted by Crippen LogP contribution is 2.23. The Hall–Kier alpha value is -1.73. The van der Waals surface area contributed by atoms with Crippen LogP contribution in [-0.4, -0.2) is 9.38 Å². The van der Waals surface area contributed by atoms with Crippen LogP contribution in [0.2, 0.25) is 0 Å². The summed E-state index contributed by atoms with van der Waals surface area (Å²) in [5.74, 6) is -1.37. The second kappa shape index (κ2) is 6.18. The zero-order valence-electron chi connectivity index (χ0n) is 11.1. The molecule has 0 radical (unpaired) electrons. The SMILES string of the molecule is O=c1cc(CSc2ccc(F)c(F)c2)nc2ccc(Br)cn12. The molecule has 0 unspecified atom stereocenters. The Morgan fingerprint density at radius 3 is 2.73 bits per heavy atom. The maximum absolute atomic E-state index is 13.2. The number of rotatable bonds is 3. The van der Waals surface area contributed by atoms with Gasteiger partial charge >= 0.3 is 0 Å². The fourth-order valence-electron chi connectivity index (χ4n) is 1.92. The lowest BCUT2D eigenvalue weighted by Crippen LogP contribution is -2.15. The summed E-state index contributed by atoms with van der Waals surface area (Å²) >= 11 is 4.59. The molecule has 3 aromatic rings. The van der Waals surface area contributed by atoms with Gasteiger partial charge in [-0.3, -0.25) is 9.20 Å². The second-order valence-corrected chi connectivity index (χ2v) is 6.49. The Kier molecular flexibility index (Phi) is 4.26. The maximum Gasteiger partial charge on any atom is 0.258 e. The molecule has 1 aromatic carbocycles. The van der Waals surface area contributed by atoms with Gasteiger partial charge in [-0.1, -0.05) is 0 Å². The molecule has 0 aliphatic heterocycles. The minimum absolute atomic E-state index is 0.188. The lowest BCUT2D eigenvalue weighted by molar-refractivity contribution is 0.506. The molecule has 0 aliphatic rings. The van der Waals surface area contributed by atoms with Crippen molar-refractivity contribution >= 4 is 33.3 Å². The van der Waals surface area contributed by atoms with E-state index in [1.54, 1.807) is 18.3 Å². The van der Waals surface area contributed by atoms with Crippen LogP contribution in [0.3, 0.4) is 0 Å². The molecule has 2 heterocycles. The Balaban J connectivity index is 1.86. The molecule has 3 rings (SSSR count). The zero-order valence-corrected chi connectivity index (χ0v) is 13.5. The van der Waals surface area contributed by atoms with Crippen LogP contribution in [-0.2, 0) is 5.75 Å². The maximum atomic E-state index is 13.2. The van der Waals surface area contributed by atoms with Crippen LogP contribution < -0.4 is 5.56 Å². The van der Waals surface area contributed by atoms with Gasteiger partial charge in [0.2, 0.25) is 0 Å². The summed E-state index contributed by atoms with van der Waals surface area (Å²) in [5, 5.41) is 0. The monoisotopic (exact) mass is 382 g/mol. The summed E-state index contributed by atoms with van der Waals surface area (Å²) in [6.07, 6.45) is 1.65. The fraction of sp³-hybridized carbons (Fsp3) is 0.0667. The minimum atomic E-state index is -0.888. The summed E-state index contributed by atoms with van der Waals surface area (Å²) in [5.41, 5.74) is 0.936. The topological polar surface area (TPSA) is 34.4 Å². The number of hydrogen-bond acceptors (Lipinski definition) is 3. The average molecular weight is 383 g/mol. The van der Waals surface area contributed by atoms with E-state index in [0.717, 1.165) is 16.6 Å². The second-order valence-electron chi connectivity index (χ2n) is 4.53. The van der Waals surface area contributed by atoms with E-state index in [-0.39, 0.29) is 5.56 Å². The molecule has 112 valence electrons. The van der Waals surface area contributed by atoms with E-state index in [2.05, 4.69) is 20.9 Å². The number of aromatic nitrogens is 2. The van der Waals surface area contributed by atoms with Gasteiger partial charge in [0.25, 0.3) is 5.56 Å². The van der Waals surface area contributed by atoms with Crippen LogP contribution in [0.1, 0.15) is 5.69 Å². The van der Waals surface area contributed by atoms with Gasteiger partial charge in [-0.05, 0) is 46.3 Å². The Morgan fingerprint density at radius 2 is 1.95 bits per heavy atom. The zero-order chi connectivity index (χ0) is 15.7. The first kappa shape index (κ1) is 15.2. The van der Waals surface area contributed by atoms with Crippen LogP contribution in [0.15, 0.2) is 56.8 Å². The van der Waals surface area contributed by atoms with E-state index in [9.17, 15) is 13.6 Å². The highest BCUT2D eigenvalue weighted by molar-refractivity contribution is 9.10. The quantitative estimate of drug-likeness (QED) is 0.641. The molecule has 0 amide bonds. The summed E-state index contributed by atoms with van der Waals surface area (Å²) in [4.78, 5) is 17.0. The number of hydrogen-bond donors (Lipinski definition) is 0. The predicted molar refractivity (Wildman–Crippen MR) is 85.1 cm³/mol. The van der Waals surface area contributed by atoms with Crippen LogP contribution >= 0.6 is 27.7 Å². The van der Waals surface area contributed by atoms with Crippen molar-refractivity contribution in [1.82, 2.24) is 9.38 Å². The van der Waals surface area contributed by atoms with E-state index < -0.39 is 11.6 Å². The molecular weight excluding hydrogens is 374 g/mol. The third kappa shape index (κ3) is 3.20. The standard InChI is InChI=1S/C15H9BrF2N2OS/c16-9-1-4-14-19-10(5-15(21)20(14)7-9)8-22-11-2-3-12(17)13(18)6-11/h1-7H,8H2. The molecule has 0 atom stereocenters. The minimum Gasteiger partial charge on any atom is -0.269 e. The lowest BCUT2D eigenvalue weighted by Gasteiger charge is -2.05. The molecule has 0 N–H and O–H groups in total. The number of benzene rings is 1. The Bertz CT molecular complexity index is 914. The first-order chi connectivity index (χ1) is 10.5. The third-order valence-electron chi connectivity index (χ3n) is 2.95. The summed E-state index contributed by atoms with van der Waals surface area (Å²) in [7, 11) is 0. The molecule has 0 spiro atoms. The molecular formula is C15H9BrF2N2OS. The third-order valence-corrected chi connectivity index (χ3v) is 4.45. The number of pyridine rings is 1. The molecule has 22 heavy (non-hydrogen) atoms. The van der Waals surface area contributed by atoms with Crippen molar-refractivity contribution in [3.05, 3.63) is 74.7 Å². The number of halogens is 3. The molecule has 0 saturated carbocycles. The number of thioether (sulfide) groups is 1. The normalized spacial score (nSPS) is 11.0. The van der Waals surface area contributed by atoms with Crippen molar-refractivity contribution in [1.29, 1.82) is 0 Å². The first-order valence-corrected chi connectivity index (χ1v) is 8.06. The summed E-state index contributed by atoms with van der Waals surface area (Å²) in [6.45, 7) is 0. The Labute approximate surface area is 137 Å². The number of fused-ring (bicyclic) bond motifs is 1. The van der Waals surface area contributed by atoms with Crippen molar-refractivity contribution in [2.45, 2.75) is 10.6 Å². The Morgan fingerprint density at radius 1 is 1.14 bits per heavy atom. The van der Waals surface area contributed by atoms with Gasteiger partial charge in [0, 0.05) is 27.4 Å². The van der Waals surface area contributed by atoms with Gasteiger partial charge in [-0.15, -0.1) is 11.8 Å². The van der Waals surface area contributed by atoms with Crippen molar-refractivity contribution in [2.24, 2.45) is 0 Å². The molecule has 3 nitrogen and oxygen atoms in total. The van der Waals surface area contributed by atoms with Crippen LogP contribution in [0, 0.1) is 11.6 Å². The van der Waals surface area contributed by atoms with Gasteiger partial charge in [-0.25, -0.2) is 13.8 Å². The van der Waals surface area contributed by atoms with Gasteiger partial charge < -0.3 is 0 Å². The van der Waals surface area contributed by atoms with Crippen molar-refractivity contribution in [3.63, 3.8) is 0 Å². The van der Waals surface area contributed by atoms with Gasteiger partial charge in [0.15, 0.2) is 11.6 Å².